The van der Waals surface area contributed by atoms with Crippen LogP contribution in [0.4, 0.5) is 23.7 Å². The Bertz CT molecular complexity index is 667. The van der Waals surface area contributed by atoms with Crippen molar-refractivity contribution in [1.29, 1.82) is 0 Å². The number of carboxylic acid groups (broad SMARTS) is 1. The van der Waals surface area contributed by atoms with Gasteiger partial charge in [0.25, 0.3) is 0 Å². The van der Waals surface area contributed by atoms with Crippen LogP contribution in [0.25, 0.3) is 0 Å². The molecule has 0 radical (unpaired) electrons. The molecule has 0 saturated carbocycles. The van der Waals surface area contributed by atoms with Crippen LogP contribution in [0.3, 0.4) is 0 Å². The van der Waals surface area contributed by atoms with Gasteiger partial charge in [0.1, 0.15) is 0 Å². The number of carbonyl (C=O) groups excluding carboxylic acids is 1. The third-order valence-electron chi connectivity index (χ3n) is 3.63. The zero-order valence-corrected chi connectivity index (χ0v) is 11.8. The maximum atomic E-state index is 12.9. The fourth-order valence-electron chi connectivity index (χ4n) is 2.44. The number of amides is 2. The van der Waals surface area contributed by atoms with Crippen LogP contribution in [0.5, 0.6) is 0 Å². The first-order valence-corrected chi connectivity index (χ1v) is 6.64. The van der Waals surface area contributed by atoms with Crippen LogP contribution < -0.4 is 5.32 Å². The van der Waals surface area contributed by atoms with E-state index in [2.05, 4.69) is 11.2 Å². The van der Waals surface area contributed by atoms with Gasteiger partial charge < -0.3 is 15.3 Å². The summed E-state index contributed by atoms with van der Waals surface area (Å²) in [6.07, 6.45) is 0.547. The molecule has 1 aromatic rings. The minimum absolute atomic E-state index is 0.327. The molecule has 2 rings (SSSR count). The van der Waals surface area contributed by atoms with Crippen LogP contribution in [0.15, 0.2) is 24.3 Å². The Morgan fingerprint density at radius 1 is 1.35 bits per heavy atom. The number of urea groups is 1. The summed E-state index contributed by atoms with van der Waals surface area (Å²) in [5.41, 5.74) is 0.827. The lowest BCUT2D eigenvalue weighted by Crippen LogP contribution is -2.35. The van der Waals surface area contributed by atoms with E-state index in [9.17, 15) is 22.8 Å². The third kappa shape index (κ3) is 3.74. The van der Waals surface area contributed by atoms with E-state index in [1.54, 1.807) is 12.1 Å². The Morgan fingerprint density at radius 3 is 2.57 bits per heavy atom. The number of anilines is 1. The fraction of sp³-hybridized carbons (Fsp3) is 0.333. The summed E-state index contributed by atoms with van der Waals surface area (Å²) < 4.78 is 38.7. The molecule has 0 aliphatic carbocycles. The molecule has 1 saturated heterocycles. The molecule has 0 aromatic heterocycles. The van der Waals surface area contributed by atoms with E-state index < -0.39 is 43.1 Å². The van der Waals surface area contributed by atoms with E-state index in [1.165, 1.54) is 12.1 Å². The molecule has 1 fully saturated rings. The number of rotatable bonds is 2. The quantitative estimate of drug-likeness (QED) is 0.820. The van der Waals surface area contributed by atoms with E-state index in [0.29, 0.717) is 11.3 Å². The number of halogens is 3. The highest BCUT2D eigenvalue weighted by Gasteiger charge is 2.53. The maximum absolute atomic E-state index is 12.9. The maximum Gasteiger partial charge on any atom is 0.394 e. The topological polar surface area (TPSA) is 69.6 Å². The number of carbonyl (C=O) groups is 2. The molecule has 23 heavy (non-hydrogen) atoms. The average Bonchev–Trinajstić information content (AvgIpc) is 2.93. The lowest BCUT2D eigenvalue weighted by Gasteiger charge is -2.18. The van der Waals surface area contributed by atoms with Crippen molar-refractivity contribution in [1.82, 2.24) is 4.90 Å². The van der Waals surface area contributed by atoms with Crippen molar-refractivity contribution in [2.75, 3.05) is 18.4 Å². The van der Waals surface area contributed by atoms with Gasteiger partial charge in [-0.1, -0.05) is 12.0 Å². The molecule has 8 heteroatoms. The molecule has 2 atom stereocenters. The molecule has 2 N–H and O–H groups in total. The Labute approximate surface area is 130 Å². The van der Waals surface area contributed by atoms with Gasteiger partial charge in [0.2, 0.25) is 0 Å². The van der Waals surface area contributed by atoms with Gasteiger partial charge in [0.05, 0.1) is 11.8 Å². The van der Waals surface area contributed by atoms with Gasteiger partial charge in [-0.05, 0) is 18.2 Å². The molecular weight excluding hydrogens is 313 g/mol. The van der Waals surface area contributed by atoms with E-state index >= 15 is 0 Å². The first kappa shape index (κ1) is 16.7. The number of aliphatic carboxylic acids is 1. The van der Waals surface area contributed by atoms with Crippen molar-refractivity contribution < 1.29 is 27.9 Å². The monoisotopic (exact) mass is 326 g/mol. The van der Waals surface area contributed by atoms with Crippen molar-refractivity contribution in [2.45, 2.75) is 6.18 Å². The van der Waals surface area contributed by atoms with Crippen molar-refractivity contribution >= 4 is 17.7 Å². The smallest absolute Gasteiger partial charge is 0.394 e. The summed E-state index contributed by atoms with van der Waals surface area (Å²) in [5.74, 6) is -2.95. The zero-order valence-electron chi connectivity index (χ0n) is 11.8. The molecule has 0 bridgehead atoms. The first-order valence-electron chi connectivity index (χ1n) is 6.64. The number of nitrogens with one attached hydrogen (secondary N) is 1. The molecule has 0 unspecified atom stereocenters. The summed E-state index contributed by atoms with van der Waals surface area (Å²) in [5, 5.41) is 11.3. The predicted molar refractivity (Wildman–Crippen MR) is 75.6 cm³/mol. The van der Waals surface area contributed by atoms with Gasteiger partial charge in [0, 0.05) is 24.3 Å². The Balaban J connectivity index is 2.11. The van der Waals surface area contributed by atoms with Crippen molar-refractivity contribution in [3.63, 3.8) is 0 Å². The van der Waals surface area contributed by atoms with Crippen LogP contribution >= 0.6 is 0 Å². The van der Waals surface area contributed by atoms with Crippen LogP contribution in [-0.4, -0.2) is 41.3 Å². The number of carboxylic acids is 1. The van der Waals surface area contributed by atoms with Crippen molar-refractivity contribution in [2.24, 2.45) is 11.8 Å². The average molecular weight is 326 g/mol. The van der Waals surface area contributed by atoms with Crippen LogP contribution in [0.2, 0.25) is 0 Å². The fourth-order valence-corrected chi connectivity index (χ4v) is 2.44. The molecule has 1 aromatic carbocycles. The number of hydrogen-bond donors (Lipinski definition) is 2. The SMILES string of the molecule is C#Cc1cccc(NC(=O)N2C[C@@H](C(F)(F)F)[C@H](C(=O)O)C2)c1. The van der Waals surface area contributed by atoms with Gasteiger partial charge in [0.15, 0.2) is 0 Å². The van der Waals surface area contributed by atoms with Crippen LogP contribution in [-0.2, 0) is 4.79 Å². The highest BCUT2D eigenvalue weighted by Crippen LogP contribution is 2.37. The van der Waals surface area contributed by atoms with E-state index in [0.717, 1.165) is 4.90 Å². The van der Waals surface area contributed by atoms with Crippen LogP contribution in [0.1, 0.15) is 5.56 Å². The second-order valence-electron chi connectivity index (χ2n) is 5.15. The minimum atomic E-state index is -4.68. The summed E-state index contributed by atoms with van der Waals surface area (Å²) >= 11 is 0. The number of hydrogen-bond acceptors (Lipinski definition) is 2. The number of alkyl halides is 3. The summed E-state index contributed by atoms with van der Waals surface area (Å²) in [6.45, 7) is -1.19. The molecule has 122 valence electrons. The molecule has 2 amide bonds. The van der Waals surface area contributed by atoms with Crippen molar-refractivity contribution in [3.8, 4) is 12.3 Å². The number of benzene rings is 1. The first-order chi connectivity index (χ1) is 10.7. The van der Waals surface area contributed by atoms with Gasteiger partial charge in [-0.15, -0.1) is 6.42 Å². The molecule has 5 nitrogen and oxygen atoms in total. The largest absolute Gasteiger partial charge is 0.481 e. The molecular formula is C15H13F3N2O3. The van der Waals surface area contributed by atoms with Gasteiger partial charge in [-0.25, -0.2) is 4.79 Å². The number of terminal acetylenes is 1. The molecule has 1 aliphatic rings. The second kappa shape index (κ2) is 6.20. The molecule has 1 aliphatic heterocycles. The Kier molecular flexibility index (Phi) is 4.50. The van der Waals surface area contributed by atoms with Crippen LogP contribution in [0, 0.1) is 24.2 Å². The van der Waals surface area contributed by atoms with E-state index in [-0.39, 0.29) is 0 Å². The summed E-state index contributed by atoms with van der Waals surface area (Å²) in [6, 6.07) is 5.45. The van der Waals surface area contributed by atoms with Gasteiger partial charge >= 0.3 is 18.2 Å². The number of nitrogens with zero attached hydrogens (tertiary/aromatic N) is 1. The Morgan fingerprint density at radius 2 is 2.04 bits per heavy atom. The third-order valence-corrected chi connectivity index (χ3v) is 3.63. The van der Waals surface area contributed by atoms with E-state index in [4.69, 9.17) is 11.5 Å². The second-order valence-corrected chi connectivity index (χ2v) is 5.15. The highest BCUT2D eigenvalue weighted by atomic mass is 19.4. The standard InChI is InChI=1S/C15H13F3N2O3/c1-2-9-4-3-5-10(6-9)19-14(23)20-7-11(13(21)22)12(8-20)15(16,17)18/h1,3-6,11-12H,7-8H2,(H,19,23)(H,21,22)/t11-,12-/m1/s1. The van der Waals surface area contributed by atoms with Gasteiger partial charge in [-0.3, -0.25) is 4.79 Å². The van der Waals surface area contributed by atoms with Gasteiger partial charge in [-0.2, -0.15) is 13.2 Å². The lowest BCUT2D eigenvalue weighted by molar-refractivity contribution is -0.187. The molecule has 1 heterocycles. The lowest BCUT2D eigenvalue weighted by atomic mass is 9.96. The van der Waals surface area contributed by atoms with E-state index in [1.807, 2.05) is 0 Å². The minimum Gasteiger partial charge on any atom is -0.481 e. The number of likely N-dealkylation sites (tertiary alicyclic amines) is 1. The normalized spacial score (nSPS) is 20.9. The Hall–Kier alpha value is -2.69. The predicted octanol–water partition coefficient (Wildman–Crippen LogP) is 2.39. The zero-order chi connectivity index (χ0) is 17.2. The summed E-state index contributed by atoms with van der Waals surface area (Å²) in [4.78, 5) is 23.9. The summed E-state index contributed by atoms with van der Waals surface area (Å²) in [7, 11) is 0. The molecule has 0 spiro atoms. The van der Waals surface area contributed by atoms with Crippen molar-refractivity contribution in [3.05, 3.63) is 29.8 Å². The highest BCUT2D eigenvalue weighted by molar-refractivity contribution is 5.90.